The maximum absolute atomic E-state index is 11.9. The maximum atomic E-state index is 11.9. The molecule has 1 saturated heterocycles. The second-order valence-corrected chi connectivity index (χ2v) is 4.54. The van der Waals surface area contributed by atoms with E-state index in [-0.39, 0.29) is 11.3 Å². The lowest BCUT2D eigenvalue weighted by Gasteiger charge is -2.13. The Labute approximate surface area is 93.0 Å². The van der Waals surface area contributed by atoms with E-state index in [2.05, 4.69) is 10.3 Å². The zero-order valence-electron chi connectivity index (χ0n) is 8.72. The van der Waals surface area contributed by atoms with Crippen LogP contribution in [0.4, 0.5) is 0 Å². The van der Waals surface area contributed by atoms with Gasteiger partial charge < -0.3 is 4.90 Å². The van der Waals surface area contributed by atoms with Gasteiger partial charge in [0.05, 0.1) is 11.6 Å². The average Bonchev–Trinajstić information content (AvgIpc) is 2.74. The van der Waals surface area contributed by atoms with Crippen molar-refractivity contribution in [2.45, 2.75) is 12.3 Å². The molecule has 0 saturated carbocycles. The number of carbonyl (C=O) groups excluding carboxylic acids is 1. The standard InChI is InChI=1S/C9H13ClN4O/c1-6-3-14(4-7(6)10)9(15)8-5-13(2)12-11-8/h5-7H,3-4H2,1-2H3. The molecule has 0 aliphatic carbocycles. The summed E-state index contributed by atoms with van der Waals surface area (Å²) >= 11 is 6.06. The minimum absolute atomic E-state index is 0.0469. The van der Waals surface area contributed by atoms with E-state index in [1.807, 2.05) is 6.92 Å². The molecular formula is C9H13ClN4O. The summed E-state index contributed by atoms with van der Waals surface area (Å²) in [4.78, 5) is 13.6. The Hall–Kier alpha value is -1.10. The first-order valence-electron chi connectivity index (χ1n) is 4.87. The van der Waals surface area contributed by atoms with Gasteiger partial charge in [-0.1, -0.05) is 12.1 Å². The Morgan fingerprint density at radius 2 is 2.33 bits per heavy atom. The topological polar surface area (TPSA) is 51.0 Å². The van der Waals surface area contributed by atoms with E-state index < -0.39 is 0 Å². The summed E-state index contributed by atoms with van der Waals surface area (Å²) in [6.07, 6.45) is 1.62. The smallest absolute Gasteiger partial charge is 0.276 e. The number of hydrogen-bond acceptors (Lipinski definition) is 3. The van der Waals surface area contributed by atoms with Crippen molar-refractivity contribution in [3.63, 3.8) is 0 Å². The van der Waals surface area contributed by atoms with Gasteiger partial charge in [-0.2, -0.15) is 0 Å². The molecule has 0 spiro atoms. The zero-order chi connectivity index (χ0) is 11.0. The molecule has 0 aromatic carbocycles. The van der Waals surface area contributed by atoms with Crippen LogP contribution >= 0.6 is 11.6 Å². The van der Waals surface area contributed by atoms with E-state index in [0.717, 1.165) is 0 Å². The fraction of sp³-hybridized carbons (Fsp3) is 0.667. The van der Waals surface area contributed by atoms with Crippen LogP contribution in [0.15, 0.2) is 6.20 Å². The number of hydrogen-bond donors (Lipinski definition) is 0. The van der Waals surface area contributed by atoms with Gasteiger partial charge in [-0.15, -0.1) is 16.7 Å². The Morgan fingerprint density at radius 1 is 1.60 bits per heavy atom. The molecule has 82 valence electrons. The van der Waals surface area contributed by atoms with Gasteiger partial charge in [-0.3, -0.25) is 9.48 Å². The van der Waals surface area contributed by atoms with Crippen LogP contribution in [0.1, 0.15) is 17.4 Å². The molecule has 1 aliphatic heterocycles. The number of aromatic nitrogens is 3. The molecule has 2 rings (SSSR count). The minimum Gasteiger partial charge on any atom is -0.335 e. The summed E-state index contributed by atoms with van der Waals surface area (Å²) in [5, 5.41) is 7.57. The average molecular weight is 229 g/mol. The molecule has 1 amide bonds. The zero-order valence-corrected chi connectivity index (χ0v) is 9.48. The summed E-state index contributed by atoms with van der Waals surface area (Å²) < 4.78 is 1.52. The van der Waals surface area contributed by atoms with Crippen LogP contribution in [-0.4, -0.2) is 44.3 Å². The van der Waals surface area contributed by atoms with Crippen LogP contribution in [0.2, 0.25) is 0 Å². The first-order chi connectivity index (χ1) is 7.08. The molecule has 2 unspecified atom stereocenters. The highest BCUT2D eigenvalue weighted by molar-refractivity contribution is 6.21. The molecule has 15 heavy (non-hydrogen) atoms. The summed E-state index contributed by atoms with van der Waals surface area (Å²) in [5.41, 5.74) is 0.385. The van der Waals surface area contributed by atoms with Gasteiger partial charge in [0.15, 0.2) is 5.69 Å². The number of alkyl halides is 1. The van der Waals surface area contributed by atoms with Gasteiger partial charge in [-0.05, 0) is 5.92 Å². The quantitative estimate of drug-likeness (QED) is 0.659. The highest BCUT2D eigenvalue weighted by atomic mass is 35.5. The Bertz CT molecular complexity index is 368. The minimum atomic E-state index is -0.0851. The monoisotopic (exact) mass is 228 g/mol. The number of carbonyl (C=O) groups is 1. The normalized spacial score (nSPS) is 25.9. The van der Waals surface area contributed by atoms with Crippen molar-refractivity contribution in [2.75, 3.05) is 13.1 Å². The highest BCUT2D eigenvalue weighted by Crippen LogP contribution is 2.22. The third-order valence-electron chi connectivity index (χ3n) is 2.63. The molecule has 1 aromatic rings. The molecule has 1 fully saturated rings. The number of likely N-dealkylation sites (tertiary alicyclic amines) is 1. The Balaban J connectivity index is 2.10. The third-order valence-corrected chi connectivity index (χ3v) is 3.20. The van der Waals surface area contributed by atoms with E-state index in [4.69, 9.17) is 11.6 Å². The molecule has 5 nitrogen and oxygen atoms in total. The second-order valence-electron chi connectivity index (χ2n) is 3.98. The van der Waals surface area contributed by atoms with Crippen molar-refractivity contribution in [3.8, 4) is 0 Å². The van der Waals surface area contributed by atoms with Crippen LogP contribution in [0.3, 0.4) is 0 Å². The molecule has 2 heterocycles. The first kappa shape index (κ1) is 10.4. The van der Waals surface area contributed by atoms with Gasteiger partial charge in [-0.25, -0.2) is 0 Å². The lowest BCUT2D eigenvalue weighted by molar-refractivity contribution is 0.0782. The summed E-state index contributed by atoms with van der Waals surface area (Å²) in [5.74, 6) is 0.255. The van der Waals surface area contributed by atoms with Crippen LogP contribution < -0.4 is 0 Å². The Morgan fingerprint density at radius 3 is 2.80 bits per heavy atom. The van der Waals surface area contributed by atoms with Crippen molar-refractivity contribution in [2.24, 2.45) is 13.0 Å². The van der Waals surface area contributed by atoms with Crippen LogP contribution in [0.25, 0.3) is 0 Å². The lowest BCUT2D eigenvalue weighted by atomic mass is 10.2. The van der Waals surface area contributed by atoms with E-state index in [9.17, 15) is 4.79 Å². The van der Waals surface area contributed by atoms with Crippen LogP contribution in [0, 0.1) is 5.92 Å². The fourth-order valence-electron chi connectivity index (χ4n) is 1.70. The highest BCUT2D eigenvalue weighted by Gasteiger charge is 2.32. The number of nitrogens with zero attached hydrogens (tertiary/aromatic N) is 4. The predicted molar refractivity (Wildman–Crippen MR) is 55.7 cm³/mol. The third kappa shape index (κ3) is 1.97. The van der Waals surface area contributed by atoms with E-state index >= 15 is 0 Å². The lowest BCUT2D eigenvalue weighted by Crippen LogP contribution is -2.29. The number of aryl methyl sites for hydroxylation is 1. The van der Waals surface area contributed by atoms with Gasteiger partial charge in [0.1, 0.15) is 0 Å². The number of rotatable bonds is 1. The number of amides is 1. The van der Waals surface area contributed by atoms with Crippen molar-refractivity contribution in [1.82, 2.24) is 19.9 Å². The van der Waals surface area contributed by atoms with Gasteiger partial charge in [0, 0.05) is 20.1 Å². The predicted octanol–water partition coefficient (Wildman–Crippen LogP) is 0.514. The molecule has 6 heteroatoms. The first-order valence-corrected chi connectivity index (χ1v) is 5.31. The van der Waals surface area contributed by atoms with Crippen LogP contribution in [-0.2, 0) is 7.05 Å². The van der Waals surface area contributed by atoms with Crippen LogP contribution in [0.5, 0.6) is 0 Å². The van der Waals surface area contributed by atoms with Crippen molar-refractivity contribution in [3.05, 3.63) is 11.9 Å². The molecule has 0 bridgehead atoms. The largest absolute Gasteiger partial charge is 0.335 e. The van der Waals surface area contributed by atoms with Gasteiger partial charge in [0.25, 0.3) is 5.91 Å². The molecule has 0 N–H and O–H groups in total. The molecular weight excluding hydrogens is 216 g/mol. The fourth-order valence-corrected chi connectivity index (χ4v) is 1.95. The van der Waals surface area contributed by atoms with E-state index in [1.54, 1.807) is 18.1 Å². The SMILES string of the molecule is CC1CN(C(=O)c2cn(C)nn2)CC1Cl. The molecule has 2 atom stereocenters. The van der Waals surface area contributed by atoms with E-state index in [1.165, 1.54) is 4.68 Å². The number of halogens is 1. The van der Waals surface area contributed by atoms with Gasteiger partial charge in [0.2, 0.25) is 0 Å². The second kappa shape index (κ2) is 3.81. The van der Waals surface area contributed by atoms with Crippen molar-refractivity contribution < 1.29 is 4.79 Å². The summed E-state index contributed by atoms with van der Waals surface area (Å²) in [6, 6.07) is 0. The van der Waals surface area contributed by atoms with E-state index in [0.29, 0.717) is 24.7 Å². The summed E-state index contributed by atoms with van der Waals surface area (Å²) in [7, 11) is 1.74. The molecule has 0 radical (unpaired) electrons. The maximum Gasteiger partial charge on any atom is 0.276 e. The Kier molecular flexibility index (Phi) is 2.65. The van der Waals surface area contributed by atoms with Gasteiger partial charge >= 0.3 is 0 Å². The van der Waals surface area contributed by atoms with Crippen molar-refractivity contribution in [1.29, 1.82) is 0 Å². The molecule has 1 aromatic heterocycles. The van der Waals surface area contributed by atoms with Crippen molar-refractivity contribution >= 4 is 17.5 Å². The molecule has 1 aliphatic rings. The summed E-state index contributed by atoms with van der Waals surface area (Å²) in [6.45, 7) is 3.34.